The zero-order chi connectivity index (χ0) is 14.7. The summed E-state index contributed by atoms with van der Waals surface area (Å²) in [5.41, 5.74) is 7.43. The fraction of sp³-hybridized carbons (Fsp3) is 0.214. The molecule has 6 heteroatoms. The largest absolute Gasteiger partial charge is 0.462 e. The molecule has 0 amide bonds. The summed E-state index contributed by atoms with van der Waals surface area (Å²) >= 11 is 6.16. The summed E-state index contributed by atoms with van der Waals surface area (Å²) < 4.78 is 5.05. The first-order valence-electron chi connectivity index (χ1n) is 6.10. The molecule has 2 N–H and O–H groups in total. The number of aryl methyl sites for hydroxylation is 1. The molecule has 0 radical (unpaired) electrons. The number of hydrogen-bond donors (Lipinski definition) is 1. The molecule has 0 bridgehead atoms. The molecule has 5 nitrogen and oxygen atoms in total. The average molecular weight is 292 g/mol. The molecule has 2 rings (SSSR count). The number of esters is 1. The predicted molar refractivity (Wildman–Crippen MR) is 77.6 cm³/mol. The molecule has 0 saturated heterocycles. The van der Waals surface area contributed by atoms with Crippen molar-refractivity contribution < 1.29 is 9.53 Å². The van der Waals surface area contributed by atoms with Crippen LogP contribution in [0.1, 0.15) is 23.0 Å². The van der Waals surface area contributed by atoms with E-state index < -0.39 is 5.97 Å². The molecule has 104 valence electrons. The summed E-state index contributed by atoms with van der Waals surface area (Å²) in [5, 5.41) is 0.482. The summed E-state index contributed by atoms with van der Waals surface area (Å²) in [6.45, 7) is 3.69. The van der Waals surface area contributed by atoms with E-state index in [1.165, 1.54) is 0 Å². The average Bonchev–Trinajstić information content (AvgIpc) is 2.38. The standard InChI is InChI=1S/C14H14ClN3O2/c1-3-20-13(19)11-8(2)17-14(16)18-12(11)9-6-4-5-7-10(9)15/h4-7H,3H2,1-2H3,(H2,16,17,18). The van der Waals surface area contributed by atoms with Crippen molar-refractivity contribution in [2.45, 2.75) is 13.8 Å². The maximum absolute atomic E-state index is 12.1. The van der Waals surface area contributed by atoms with Gasteiger partial charge >= 0.3 is 5.97 Å². The van der Waals surface area contributed by atoms with Gasteiger partial charge in [0.25, 0.3) is 0 Å². The van der Waals surface area contributed by atoms with E-state index in [1.54, 1.807) is 32.0 Å². The number of carbonyl (C=O) groups is 1. The van der Waals surface area contributed by atoms with E-state index in [9.17, 15) is 4.79 Å². The number of hydrogen-bond acceptors (Lipinski definition) is 5. The molecule has 0 atom stereocenters. The van der Waals surface area contributed by atoms with E-state index in [2.05, 4.69) is 9.97 Å². The molecule has 0 saturated carbocycles. The van der Waals surface area contributed by atoms with Gasteiger partial charge in [-0.05, 0) is 19.9 Å². The van der Waals surface area contributed by atoms with Crippen molar-refractivity contribution in [1.29, 1.82) is 0 Å². The molecule has 1 heterocycles. The number of benzene rings is 1. The van der Waals surface area contributed by atoms with Gasteiger partial charge in [0.2, 0.25) is 5.95 Å². The SMILES string of the molecule is CCOC(=O)c1c(C)nc(N)nc1-c1ccccc1Cl. The van der Waals surface area contributed by atoms with Crippen molar-refractivity contribution in [3.63, 3.8) is 0 Å². The Hall–Kier alpha value is -2.14. The number of ether oxygens (including phenoxy) is 1. The highest BCUT2D eigenvalue weighted by atomic mass is 35.5. The number of aromatic nitrogens is 2. The Morgan fingerprint density at radius 1 is 1.35 bits per heavy atom. The first kappa shape index (κ1) is 14.3. The van der Waals surface area contributed by atoms with Gasteiger partial charge in [0.1, 0.15) is 5.56 Å². The fourth-order valence-electron chi connectivity index (χ4n) is 1.89. The third-order valence-corrected chi connectivity index (χ3v) is 3.05. The molecule has 0 aliphatic heterocycles. The van der Waals surface area contributed by atoms with Crippen LogP contribution < -0.4 is 5.73 Å². The van der Waals surface area contributed by atoms with Gasteiger partial charge in [-0.1, -0.05) is 29.8 Å². The Labute approximate surface area is 121 Å². The van der Waals surface area contributed by atoms with Crippen molar-refractivity contribution in [2.24, 2.45) is 0 Å². The van der Waals surface area contributed by atoms with Crippen LogP contribution in [0.3, 0.4) is 0 Å². The van der Waals surface area contributed by atoms with Crippen LogP contribution in [0.2, 0.25) is 5.02 Å². The number of nitrogen functional groups attached to an aromatic ring is 1. The second-order valence-electron chi connectivity index (χ2n) is 4.09. The van der Waals surface area contributed by atoms with Gasteiger partial charge in [0.05, 0.1) is 18.0 Å². The number of rotatable bonds is 3. The highest BCUT2D eigenvalue weighted by Gasteiger charge is 2.21. The predicted octanol–water partition coefficient (Wildman–Crippen LogP) is 2.86. The monoisotopic (exact) mass is 291 g/mol. The smallest absolute Gasteiger partial charge is 0.342 e. The van der Waals surface area contributed by atoms with E-state index >= 15 is 0 Å². The van der Waals surface area contributed by atoms with Crippen LogP contribution in [-0.2, 0) is 4.74 Å². The molecule has 1 aromatic carbocycles. The zero-order valence-corrected chi connectivity index (χ0v) is 11.9. The van der Waals surface area contributed by atoms with Gasteiger partial charge in [-0.3, -0.25) is 0 Å². The van der Waals surface area contributed by atoms with Gasteiger partial charge in [0, 0.05) is 10.6 Å². The first-order valence-corrected chi connectivity index (χ1v) is 6.48. The van der Waals surface area contributed by atoms with Crippen molar-refractivity contribution in [1.82, 2.24) is 9.97 Å². The molecular weight excluding hydrogens is 278 g/mol. The van der Waals surface area contributed by atoms with Crippen LogP contribution in [0.5, 0.6) is 0 Å². The second kappa shape index (κ2) is 5.88. The third kappa shape index (κ3) is 2.72. The molecule has 1 aromatic heterocycles. The normalized spacial score (nSPS) is 10.3. The van der Waals surface area contributed by atoms with E-state index in [-0.39, 0.29) is 18.1 Å². The van der Waals surface area contributed by atoms with Crippen molar-refractivity contribution >= 4 is 23.5 Å². The molecule has 0 spiro atoms. The summed E-state index contributed by atoms with van der Waals surface area (Å²) in [5.74, 6) is -0.398. The van der Waals surface area contributed by atoms with Gasteiger partial charge in [-0.25, -0.2) is 14.8 Å². The highest BCUT2D eigenvalue weighted by Crippen LogP contribution is 2.30. The summed E-state index contributed by atoms with van der Waals surface area (Å²) in [6.07, 6.45) is 0. The summed E-state index contributed by atoms with van der Waals surface area (Å²) in [7, 11) is 0. The van der Waals surface area contributed by atoms with Gasteiger partial charge in [-0.2, -0.15) is 0 Å². The quantitative estimate of drug-likeness (QED) is 0.880. The summed E-state index contributed by atoms with van der Waals surface area (Å²) in [4.78, 5) is 20.3. The summed E-state index contributed by atoms with van der Waals surface area (Å²) in [6, 6.07) is 7.10. The topological polar surface area (TPSA) is 78.1 Å². The number of anilines is 1. The lowest BCUT2D eigenvalue weighted by Gasteiger charge is -2.12. The number of halogens is 1. The lowest BCUT2D eigenvalue weighted by Crippen LogP contribution is -2.13. The molecule has 0 unspecified atom stereocenters. The Balaban J connectivity index is 2.68. The van der Waals surface area contributed by atoms with Crippen molar-refractivity contribution in [2.75, 3.05) is 12.3 Å². The van der Waals surface area contributed by atoms with Crippen LogP contribution in [0.4, 0.5) is 5.95 Å². The van der Waals surface area contributed by atoms with Crippen LogP contribution in [0.25, 0.3) is 11.3 Å². The Bertz CT molecular complexity index is 659. The van der Waals surface area contributed by atoms with Crippen LogP contribution in [-0.4, -0.2) is 22.5 Å². The minimum absolute atomic E-state index is 0.0884. The first-order chi connectivity index (χ1) is 9.54. The molecule has 2 aromatic rings. The maximum atomic E-state index is 12.1. The molecular formula is C14H14ClN3O2. The Morgan fingerprint density at radius 2 is 2.05 bits per heavy atom. The lowest BCUT2D eigenvalue weighted by atomic mass is 10.0. The van der Waals surface area contributed by atoms with Crippen LogP contribution >= 0.6 is 11.6 Å². The van der Waals surface area contributed by atoms with Gasteiger partial charge in [-0.15, -0.1) is 0 Å². The molecule has 0 fully saturated rings. The van der Waals surface area contributed by atoms with Crippen molar-refractivity contribution in [3.8, 4) is 11.3 Å². The minimum Gasteiger partial charge on any atom is -0.462 e. The number of nitrogens with zero attached hydrogens (tertiary/aromatic N) is 2. The highest BCUT2D eigenvalue weighted by molar-refractivity contribution is 6.33. The second-order valence-corrected chi connectivity index (χ2v) is 4.50. The van der Waals surface area contributed by atoms with Gasteiger partial charge < -0.3 is 10.5 Å². The Morgan fingerprint density at radius 3 is 2.70 bits per heavy atom. The van der Waals surface area contributed by atoms with E-state index in [0.717, 1.165) is 0 Å². The third-order valence-electron chi connectivity index (χ3n) is 2.72. The minimum atomic E-state index is -0.486. The van der Waals surface area contributed by atoms with E-state index in [1.807, 2.05) is 6.07 Å². The zero-order valence-electron chi connectivity index (χ0n) is 11.2. The van der Waals surface area contributed by atoms with E-state index in [4.69, 9.17) is 22.1 Å². The molecule has 20 heavy (non-hydrogen) atoms. The fourth-order valence-corrected chi connectivity index (χ4v) is 2.12. The maximum Gasteiger partial charge on any atom is 0.342 e. The van der Waals surface area contributed by atoms with Crippen molar-refractivity contribution in [3.05, 3.63) is 40.5 Å². The molecule has 0 aliphatic carbocycles. The number of nitrogens with two attached hydrogens (primary N) is 1. The van der Waals surface area contributed by atoms with Gasteiger partial charge in [0.15, 0.2) is 0 Å². The lowest BCUT2D eigenvalue weighted by molar-refractivity contribution is 0.0525. The Kier molecular flexibility index (Phi) is 4.20. The van der Waals surface area contributed by atoms with E-state index in [0.29, 0.717) is 22.0 Å². The number of carbonyl (C=O) groups excluding carboxylic acids is 1. The van der Waals surface area contributed by atoms with Crippen LogP contribution in [0.15, 0.2) is 24.3 Å². The molecule has 0 aliphatic rings. The van der Waals surface area contributed by atoms with Crippen LogP contribution in [0, 0.1) is 6.92 Å².